The molecule has 1 amide bonds. The SMILES string of the molecule is CCC(C)CNC(C)C(=O)NCC(F)(F)F. The summed E-state index contributed by atoms with van der Waals surface area (Å²) in [6, 6.07) is -0.601. The van der Waals surface area contributed by atoms with Crippen molar-refractivity contribution >= 4 is 5.91 Å². The van der Waals surface area contributed by atoms with Crippen LogP contribution in [0.2, 0.25) is 0 Å². The molecule has 0 rings (SSSR count). The first-order chi connectivity index (χ1) is 7.26. The maximum Gasteiger partial charge on any atom is 0.405 e. The highest BCUT2D eigenvalue weighted by Gasteiger charge is 2.28. The van der Waals surface area contributed by atoms with Crippen LogP contribution < -0.4 is 10.6 Å². The minimum Gasteiger partial charge on any atom is -0.346 e. The topological polar surface area (TPSA) is 41.1 Å². The number of carbonyl (C=O) groups excluding carboxylic acids is 1. The molecular weight excluding hydrogens is 221 g/mol. The van der Waals surface area contributed by atoms with Crippen LogP contribution in [-0.2, 0) is 4.79 Å². The van der Waals surface area contributed by atoms with Crippen molar-refractivity contribution < 1.29 is 18.0 Å². The first kappa shape index (κ1) is 15.2. The molecule has 2 unspecified atom stereocenters. The van der Waals surface area contributed by atoms with E-state index >= 15 is 0 Å². The molecule has 16 heavy (non-hydrogen) atoms. The highest BCUT2D eigenvalue weighted by atomic mass is 19.4. The molecule has 2 N–H and O–H groups in total. The summed E-state index contributed by atoms with van der Waals surface area (Å²) in [4.78, 5) is 11.2. The largest absolute Gasteiger partial charge is 0.405 e. The van der Waals surface area contributed by atoms with Gasteiger partial charge < -0.3 is 10.6 Å². The van der Waals surface area contributed by atoms with Gasteiger partial charge >= 0.3 is 6.18 Å². The van der Waals surface area contributed by atoms with E-state index in [0.717, 1.165) is 6.42 Å². The van der Waals surface area contributed by atoms with E-state index < -0.39 is 24.7 Å². The summed E-state index contributed by atoms with van der Waals surface area (Å²) in [5.74, 6) is -0.224. The lowest BCUT2D eigenvalue weighted by atomic mass is 10.1. The van der Waals surface area contributed by atoms with Gasteiger partial charge in [-0.3, -0.25) is 4.79 Å². The Labute approximate surface area is 93.8 Å². The molecule has 0 radical (unpaired) electrons. The fraction of sp³-hybridized carbons (Fsp3) is 0.900. The van der Waals surface area contributed by atoms with E-state index in [0.29, 0.717) is 12.5 Å². The molecule has 3 nitrogen and oxygen atoms in total. The number of rotatable bonds is 6. The van der Waals surface area contributed by atoms with E-state index in [4.69, 9.17) is 0 Å². The van der Waals surface area contributed by atoms with Crippen molar-refractivity contribution in [2.45, 2.75) is 39.4 Å². The minimum atomic E-state index is -4.36. The molecule has 0 aromatic carbocycles. The lowest BCUT2D eigenvalue weighted by Crippen LogP contribution is -2.46. The van der Waals surface area contributed by atoms with Gasteiger partial charge in [-0.2, -0.15) is 13.2 Å². The summed E-state index contributed by atoms with van der Waals surface area (Å²) < 4.78 is 35.4. The molecule has 0 aliphatic rings. The molecule has 0 saturated carbocycles. The van der Waals surface area contributed by atoms with Crippen LogP contribution in [0.5, 0.6) is 0 Å². The predicted octanol–water partition coefficient (Wildman–Crippen LogP) is 1.69. The van der Waals surface area contributed by atoms with Gasteiger partial charge in [0.05, 0.1) is 6.04 Å². The van der Waals surface area contributed by atoms with E-state index in [9.17, 15) is 18.0 Å². The van der Waals surface area contributed by atoms with Crippen molar-refractivity contribution in [3.63, 3.8) is 0 Å². The molecule has 6 heteroatoms. The summed E-state index contributed by atoms with van der Waals surface area (Å²) >= 11 is 0. The third-order valence-corrected chi connectivity index (χ3v) is 2.33. The van der Waals surface area contributed by atoms with E-state index in [-0.39, 0.29) is 0 Å². The smallest absolute Gasteiger partial charge is 0.346 e. The number of alkyl halides is 3. The summed E-state index contributed by atoms with van der Waals surface area (Å²) in [5.41, 5.74) is 0. The van der Waals surface area contributed by atoms with Gasteiger partial charge in [-0.25, -0.2) is 0 Å². The van der Waals surface area contributed by atoms with E-state index in [2.05, 4.69) is 5.32 Å². The Hall–Kier alpha value is -0.780. The molecule has 0 saturated heterocycles. The van der Waals surface area contributed by atoms with Crippen LogP contribution in [0.1, 0.15) is 27.2 Å². The van der Waals surface area contributed by atoms with Gasteiger partial charge in [0.15, 0.2) is 0 Å². The molecule has 0 heterocycles. The average Bonchev–Trinajstić information content (AvgIpc) is 2.20. The molecule has 96 valence electrons. The van der Waals surface area contributed by atoms with Crippen molar-refractivity contribution in [2.24, 2.45) is 5.92 Å². The minimum absolute atomic E-state index is 0.401. The molecule has 0 spiro atoms. The Morgan fingerprint density at radius 2 is 1.88 bits per heavy atom. The zero-order valence-corrected chi connectivity index (χ0v) is 9.82. The van der Waals surface area contributed by atoms with Crippen LogP contribution in [0.15, 0.2) is 0 Å². The van der Waals surface area contributed by atoms with Gasteiger partial charge in [-0.15, -0.1) is 0 Å². The molecule has 0 aliphatic carbocycles. The molecule has 0 aromatic rings. The third-order valence-electron chi connectivity index (χ3n) is 2.33. The Morgan fingerprint density at radius 1 is 1.31 bits per heavy atom. The van der Waals surface area contributed by atoms with Gasteiger partial charge in [0.2, 0.25) is 5.91 Å². The van der Waals surface area contributed by atoms with Gasteiger partial charge in [0, 0.05) is 0 Å². The first-order valence-corrected chi connectivity index (χ1v) is 5.34. The Bertz CT molecular complexity index is 219. The van der Waals surface area contributed by atoms with Crippen LogP contribution in [0, 0.1) is 5.92 Å². The fourth-order valence-corrected chi connectivity index (χ4v) is 0.955. The Kier molecular flexibility index (Phi) is 6.40. The van der Waals surface area contributed by atoms with Crippen molar-refractivity contribution in [3.8, 4) is 0 Å². The van der Waals surface area contributed by atoms with Crippen LogP contribution >= 0.6 is 0 Å². The summed E-state index contributed by atoms with van der Waals surface area (Å²) in [6.45, 7) is 4.92. The van der Waals surface area contributed by atoms with Crippen LogP contribution in [0.3, 0.4) is 0 Å². The van der Waals surface area contributed by atoms with Crippen LogP contribution in [0.4, 0.5) is 13.2 Å². The molecule has 0 aromatic heterocycles. The second kappa shape index (κ2) is 6.73. The van der Waals surface area contributed by atoms with E-state index in [1.165, 1.54) is 0 Å². The number of carbonyl (C=O) groups is 1. The third kappa shape index (κ3) is 7.50. The lowest BCUT2D eigenvalue weighted by Gasteiger charge is -2.17. The quantitative estimate of drug-likeness (QED) is 0.741. The predicted molar refractivity (Wildman–Crippen MR) is 56.0 cm³/mol. The number of nitrogens with one attached hydrogen (secondary N) is 2. The average molecular weight is 240 g/mol. The molecule has 2 atom stereocenters. The monoisotopic (exact) mass is 240 g/mol. The van der Waals surface area contributed by atoms with Gasteiger partial charge in [-0.05, 0) is 19.4 Å². The number of amides is 1. The Balaban J connectivity index is 3.82. The van der Waals surface area contributed by atoms with Crippen LogP contribution in [0.25, 0.3) is 0 Å². The van der Waals surface area contributed by atoms with Gasteiger partial charge in [-0.1, -0.05) is 20.3 Å². The molecule has 0 fully saturated rings. The zero-order chi connectivity index (χ0) is 12.8. The molecule has 0 bridgehead atoms. The number of hydrogen-bond acceptors (Lipinski definition) is 2. The Morgan fingerprint density at radius 3 is 2.31 bits per heavy atom. The van der Waals surface area contributed by atoms with Crippen LogP contribution in [-0.4, -0.2) is 31.2 Å². The van der Waals surface area contributed by atoms with Crippen molar-refractivity contribution in [2.75, 3.05) is 13.1 Å². The molecule has 0 aliphatic heterocycles. The number of halogens is 3. The standard InChI is InChI=1S/C10H19F3N2O/c1-4-7(2)5-14-8(3)9(16)15-6-10(11,12)13/h7-8,14H,4-6H2,1-3H3,(H,15,16). The zero-order valence-electron chi connectivity index (χ0n) is 9.82. The summed E-state index contributed by atoms with van der Waals surface area (Å²) in [5, 5.41) is 4.73. The number of hydrogen-bond donors (Lipinski definition) is 2. The second-order valence-electron chi connectivity index (χ2n) is 3.98. The first-order valence-electron chi connectivity index (χ1n) is 5.34. The van der Waals surface area contributed by atoms with Gasteiger partial charge in [0.1, 0.15) is 6.54 Å². The maximum absolute atomic E-state index is 11.8. The van der Waals surface area contributed by atoms with Crippen molar-refractivity contribution in [1.29, 1.82) is 0 Å². The van der Waals surface area contributed by atoms with Crippen molar-refractivity contribution in [3.05, 3.63) is 0 Å². The van der Waals surface area contributed by atoms with E-state index in [1.54, 1.807) is 6.92 Å². The molecular formula is C10H19F3N2O. The second-order valence-corrected chi connectivity index (χ2v) is 3.98. The lowest BCUT2D eigenvalue weighted by molar-refractivity contribution is -0.139. The summed E-state index contributed by atoms with van der Waals surface area (Å²) in [7, 11) is 0. The van der Waals surface area contributed by atoms with Gasteiger partial charge in [0.25, 0.3) is 0 Å². The normalized spacial score (nSPS) is 15.6. The van der Waals surface area contributed by atoms with E-state index in [1.807, 2.05) is 19.2 Å². The summed E-state index contributed by atoms with van der Waals surface area (Å²) in [6.07, 6.45) is -3.39. The highest BCUT2D eigenvalue weighted by molar-refractivity contribution is 5.81. The highest BCUT2D eigenvalue weighted by Crippen LogP contribution is 2.12. The van der Waals surface area contributed by atoms with Crippen molar-refractivity contribution in [1.82, 2.24) is 10.6 Å². The fourth-order valence-electron chi connectivity index (χ4n) is 0.955. The maximum atomic E-state index is 11.8.